The van der Waals surface area contributed by atoms with Gasteiger partial charge >= 0.3 is 0 Å². The maximum absolute atomic E-state index is 12.1. The van der Waals surface area contributed by atoms with Crippen LogP contribution in [-0.2, 0) is 4.79 Å². The van der Waals surface area contributed by atoms with Crippen molar-refractivity contribution in [3.8, 4) is 0 Å². The van der Waals surface area contributed by atoms with Crippen LogP contribution in [0.3, 0.4) is 0 Å². The molecule has 0 spiro atoms. The van der Waals surface area contributed by atoms with Gasteiger partial charge in [0.25, 0.3) is 0 Å². The monoisotopic (exact) mass is 290 g/mol. The fourth-order valence-electron chi connectivity index (χ4n) is 3.46. The fourth-order valence-corrected chi connectivity index (χ4v) is 4.19. The molecule has 2 heterocycles. The van der Waals surface area contributed by atoms with E-state index in [0.717, 1.165) is 17.7 Å². The zero-order valence-corrected chi connectivity index (χ0v) is 12.7. The lowest BCUT2D eigenvalue weighted by molar-refractivity contribution is -0.119. The van der Waals surface area contributed by atoms with Crippen molar-refractivity contribution in [1.29, 1.82) is 0 Å². The van der Waals surface area contributed by atoms with Crippen LogP contribution in [0.15, 0.2) is 35.2 Å². The van der Waals surface area contributed by atoms with E-state index in [1.54, 1.807) is 11.8 Å². The maximum atomic E-state index is 12.1. The van der Waals surface area contributed by atoms with Gasteiger partial charge < -0.3 is 10.2 Å². The smallest absolute Gasteiger partial charge is 0.230 e. The van der Waals surface area contributed by atoms with Gasteiger partial charge in [-0.1, -0.05) is 18.2 Å². The summed E-state index contributed by atoms with van der Waals surface area (Å²) in [5.74, 6) is 0.693. The average Bonchev–Trinajstić information content (AvgIpc) is 2.68. The van der Waals surface area contributed by atoms with Crippen molar-refractivity contribution in [1.82, 2.24) is 10.2 Å². The van der Waals surface area contributed by atoms with Gasteiger partial charge in [-0.25, -0.2) is 0 Å². The second kappa shape index (κ2) is 6.19. The summed E-state index contributed by atoms with van der Waals surface area (Å²) in [6, 6.07) is 11.9. The first kappa shape index (κ1) is 14.0. The highest BCUT2D eigenvalue weighted by Crippen LogP contribution is 2.34. The van der Waals surface area contributed by atoms with Crippen LogP contribution in [0.2, 0.25) is 0 Å². The Bertz CT molecular complexity index is 451. The number of hydrogen-bond donors (Lipinski definition) is 1. The molecule has 1 aromatic carbocycles. The summed E-state index contributed by atoms with van der Waals surface area (Å²) in [5, 5.41) is 3.22. The Hall–Kier alpha value is -1.00. The summed E-state index contributed by atoms with van der Waals surface area (Å²) >= 11 is 1.61. The predicted octanol–water partition coefficient (Wildman–Crippen LogP) is 2.52. The number of nitrogens with zero attached hydrogens (tertiary/aromatic N) is 1. The van der Waals surface area contributed by atoms with Gasteiger partial charge in [0.05, 0.1) is 5.75 Å². The van der Waals surface area contributed by atoms with Gasteiger partial charge in [0.1, 0.15) is 0 Å². The molecule has 2 bridgehead atoms. The topological polar surface area (TPSA) is 32.3 Å². The number of amides is 1. The van der Waals surface area contributed by atoms with E-state index < -0.39 is 0 Å². The van der Waals surface area contributed by atoms with Crippen molar-refractivity contribution in [2.45, 2.75) is 48.7 Å². The van der Waals surface area contributed by atoms with Gasteiger partial charge in [0.15, 0.2) is 0 Å². The van der Waals surface area contributed by atoms with Crippen molar-refractivity contribution < 1.29 is 4.79 Å². The first-order valence-electron chi connectivity index (χ1n) is 7.41. The molecule has 4 heteroatoms. The molecule has 2 saturated heterocycles. The van der Waals surface area contributed by atoms with Crippen LogP contribution in [-0.4, -0.2) is 41.7 Å². The van der Waals surface area contributed by atoms with Crippen molar-refractivity contribution in [3.63, 3.8) is 0 Å². The van der Waals surface area contributed by atoms with Crippen LogP contribution >= 0.6 is 11.8 Å². The second-order valence-corrected chi connectivity index (χ2v) is 6.94. The van der Waals surface area contributed by atoms with Crippen molar-refractivity contribution >= 4 is 17.7 Å². The molecule has 0 unspecified atom stereocenters. The Morgan fingerprint density at radius 2 is 1.90 bits per heavy atom. The van der Waals surface area contributed by atoms with E-state index in [2.05, 4.69) is 17.3 Å². The van der Waals surface area contributed by atoms with Crippen molar-refractivity contribution in [3.05, 3.63) is 30.3 Å². The van der Waals surface area contributed by atoms with Crippen LogP contribution in [0.1, 0.15) is 25.7 Å². The Kier molecular flexibility index (Phi) is 4.32. The standard InChI is InChI=1S/C16H22N2OS/c1-18-13-7-8-14(18)10-12(9-13)17-16(19)11-20-15-5-3-2-4-6-15/h2-6,12-14H,7-11H2,1H3,(H,17,19)/t13-,14-/m0/s1. The zero-order chi connectivity index (χ0) is 13.9. The quantitative estimate of drug-likeness (QED) is 0.865. The molecule has 3 nitrogen and oxygen atoms in total. The zero-order valence-electron chi connectivity index (χ0n) is 11.9. The van der Waals surface area contributed by atoms with E-state index in [1.165, 1.54) is 12.8 Å². The number of nitrogens with one attached hydrogen (secondary N) is 1. The third-order valence-electron chi connectivity index (χ3n) is 4.58. The molecule has 0 saturated carbocycles. The highest BCUT2D eigenvalue weighted by Gasteiger charge is 2.38. The molecule has 2 aliphatic rings. The highest BCUT2D eigenvalue weighted by atomic mass is 32.2. The molecule has 1 amide bonds. The largest absolute Gasteiger partial charge is 0.353 e. The first-order chi connectivity index (χ1) is 9.72. The molecule has 108 valence electrons. The Morgan fingerprint density at radius 3 is 2.55 bits per heavy atom. The number of piperidine rings is 1. The number of thioether (sulfide) groups is 1. The summed E-state index contributed by atoms with van der Waals surface area (Å²) in [6.45, 7) is 0. The van der Waals surface area contributed by atoms with Gasteiger partial charge in [-0.2, -0.15) is 0 Å². The SMILES string of the molecule is CN1[C@H]2CC[C@H]1CC(NC(=O)CSc1ccccc1)C2. The summed E-state index contributed by atoms with van der Waals surface area (Å²) < 4.78 is 0. The summed E-state index contributed by atoms with van der Waals surface area (Å²) in [5.41, 5.74) is 0. The minimum atomic E-state index is 0.174. The molecule has 20 heavy (non-hydrogen) atoms. The summed E-state index contributed by atoms with van der Waals surface area (Å²) in [4.78, 5) is 15.7. The van der Waals surface area contributed by atoms with Crippen LogP contribution in [0.5, 0.6) is 0 Å². The van der Waals surface area contributed by atoms with E-state index >= 15 is 0 Å². The lowest BCUT2D eigenvalue weighted by atomic mass is 9.98. The maximum Gasteiger partial charge on any atom is 0.230 e. The van der Waals surface area contributed by atoms with Crippen LogP contribution in [0, 0.1) is 0 Å². The number of benzene rings is 1. The Morgan fingerprint density at radius 1 is 1.25 bits per heavy atom. The van der Waals surface area contributed by atoms with E-state index in [0.29, 0.717) is 23.9 Å². The van der Waals surface area contributed by atoms with Crippen molar-refractivity contribution in [2.24, 2.45) is 0 Å². The normalized spacial score (nSPS) is 29.4. The highest BCUT2D eigenvalue weighted by molar-refractivity contribution is 8.00. The van der Waals surface area contributed by atoms with Gasteiger partial charge in [0, 0.05) is 23.0 Å². The van der Waals surface area contributed by atoms with Gasteiger partial charge in [-0.15, -0.1) is 11.8 Å². The lowest BCUT2D eigenvalue weighted by Crippen LogP contribution is -2.49. The van der Waals surface area contributed by atoms with Gasteiger partial charge in [-0.05, 0) is 44.9 Å². The molecule has 0 aliphatic carbocycles. The Balaban J connectivity index is 1.45. The molecular weight excluding hydrogens is 268 g/mol. The second-order valence-electron chi connectivity index (χ2n) is 5.89. The third-order valence-corrected chi connectivity index (χ3v) is 5.59. The fraction of sp³-hybridized carbons (Fsp3) is 0.562. The van der Waals surface area contributed by atoms with Gasteiger partial charge in [0.2, 0.25) is 5.91 Å². The van der Waals surface area contributed by atoms with E-state index in [-0.39, 0.29) is 5.91 Å². The number of carbonyl (C=O) groups excluding carboxylic acids is 1. The molecule has 1 N–H and O–H groups in total. The average molecular weight is 290 g/mol. The third kappa shape index (κ3) is 3.18. The minimum Gasteiger partial charge on any atom is -0.353 e. The van der Waals surface area contributed by atoms with Crippen LogP contribution in [0.25, 0.3) is 0 Å². The van der Waals surface area contributed by atoms with Crippen LogP contribution in [0.4, 0.5) is 0 Å². The number of carbonyl (C=O) groups is 1. The molecule has 2 aliphatic heterocycles. The molecule has 3 rings (SSSR count). The molecular formula is C16H22N2OS. The lowest BCUT2D eigenvalue weighted by Gasteiger charge is -2.36. The predicted molar refractivity (Wildman–Crippen MR) is 82.9 cm³/mol. The molecule has 0 radical (unpaired) electrons. The van der Waals surface area contributed by atoms with Crippen molar-refractivity contribution in [2.75, 3.05) is 12.8 Å². The number of hydrogen-bond acceptors (Lipinski definition) is 3. The van der Waals surface area contributed by atoms with Crippen LogP contribution < -0.4 is 5.32 Å². The molecule has 1 aromatic rings. The number of rotatable bonds is 4. The van der Waals surface area contributed by atoms with Gasteiger partial charge in [-0.3, -0.25) is 4.79 Å². The Labute approximate surface area is 125 Å². The first-order valence-corrected chi connectivity index (χ1v) is 8.40. The van der Waals surface area contributed by atoms with E-state index in [9.17, 15) is 4.79 Å². The molecule has 2 atom stereocenters. The molecule has 0 aromatic heterocycles. The number of fused-ring (bicyclic) bond motifs is 2. The van der Waals surface area contributed by atoms with E-state index in [4.69, 9.17) is 0 Å². The molecule has 2 fully saturated rings. The summed E-state index contributed by atoms with van der Waals surface area (Å²) in [7, 11) is 2.23. The minimum absolute atomic E-state index is 0.174. The summed E-state index contributed by atoms with van der Waals surface area (Å²) in [6.07, 6.45) is 4.84. The van der Waals surface area contributed by atoms with E-state index in [1.807, 2.05) is 30.3 Å².